The first-order valence-electron chi connectivity index (χ1n) is 15.8. The van der Waals surface area contributed by atoms with Crippen LogP contribution in [-0.2, 0) is 20.0 Å². The van der Waals surface area contributed by atoms with Crippen LogP contribution in [0.25, 0.3) is 21.5 Å². The van der Waals surface area contributed by atoms with E-state index in [0.717, 1.165) is 32.7 Å². The highest BCUT2D eigenvalue weighted by Crippen LogP contribution is 2.50. The standard InChI is InChI=1S/C38H36N2O6S4/c1-23(2)25-13-17-27(18-14-25)49(43,44)39-33-21-35(37(41)31-11-7-5-9-29(31)33)47-48-36-22-34(30-10-6-8-12-32(30)38(36)42)40-50(45,46)28-19-15-26(16-20-28)24(3)4/h5-24,39-42H,1-4H3. The van der Waals surface area contributed by atoms with Crippen LogP contribution in [0, 0.1) is 0 Å². The molecule has 4 N–H and O–H groups in total. The highest BCUT2D eigenvalue weighted by molar-refractivity contribution is 8.76. The fourth-order valence-electron chi connectivity index (χ4n) is 5.53. The fraction of sp³-hybridized carbons (Fsp3) is 0.158. The average Bonchev–Trinajstić information content (AvgIpc) is 3.10. The van der Waals surface area contributed by atoms with Gasteiger partial charge in [-0.2, -0.15) is 0 Å². The van der Waals surface area contributed by atoms with Crippen LogP contribution >= 0.6 is 21.6 Å². The van der Waals surface area contributed by atoms with Crippen LogP contribution in [0.4, 0.5) is 11.4 Å². The van der Waals surface area contributed by atoms with E-state index in [1.807, 2.05) is 27.7 Å². The number of hydrogen-bond acceptors (Lipinski definition) is 8. The zero-order valence-electron chi connectivity index (χ0n) is 27.7. The molecule has 0 fully saturated rings. The molecule has 0 saturated heterocycles. The van der Waals surface area contributed by atoms with Crippen LogP contribution < -0.4 is 9.44 Å². The molecule has 0 unspecified atom stereocenters. The van der Waals surface area contributed by atoms with Crippen molar-refractivity contribution in [2.24, 2.45) is 0 Å². The summed E-state index contributed by atoms with van der Waals surface area (Å²) in [5, 5.41) is 24.5. The van der Waals surface area contributed by atoms with Crippen molar-refractivity contribution < 1.29 is 27.0 Å². The number of sulfonamides is 2. The first-order chi connectivity index (χ1) is 23.7. The zero-order valence-corrected chi connectivity index (χ0v) is 31.0. The van der Waals surface area contributed by atoms with Gasteiger partial charge >= 0.3 is 0 Å². The van der Waals surface area contributed by atoms with E-state index in [9.17, 15) is 27.0 Å². The van der Waals surface area contributed by atoms with Gasteiger partial charge in [-0.1, -0.05) is 100 Å². The van der Waals surface area contributed by atoms with Crippen LogP contribution in [0.2, 0.25) is 0 Å². The topological polar surface area (TPSA) is 133 Å². The number of nitrogens with one attached hydrogen (secondary N) is 2. The van der Waals surface area contributed by atoms with Gasteiger partial charge in [-0.3, -0.25) is 9.44 Å². The van der Waals surface area contributed by atoms with Gasteiger partial charge in [0, 0.05) is 21.5 Å². The Labute approximate surface area is 300 Å². The maximum Gasteiger partial charge on any atom is 0.261 e. The molecule has 6 rings (SSSR count). The van der Waals surface area contributed by atoms with E-state index < -0.39 is 20.0 Å². The second-order valence-electron chi connectivity index (χ2n) is 12.5. The highest BCUT2D eigenvalue weighted by atomic mass is 33.1. The number of hydrogen-bond donors (Lipinski definition) is 4. The van der Waals surface area contributed by atoms with Gasteiger partial charge < -0.3 is 10.2 Å². The fourth-order valence-corrected chi connectivity index (χ4v) is 9.86. The Morgan fingerprint density at radius 2 is 0.820 bits per heavy atom. The van der Waals surface area contributed by atoms with Gasteiger partial charge in [0.15, 0.2) is 0 Å². The van der Waals surface area contributed by atoms with Gasteiger partial charge in [-0.05, 0) is 80.9 Å². The average molecular weight is 745 g/mol. The minimum absolute atomic E-state index is 0.0617. The van der Waals surface area contributed by atoms with Crippen molar-refractivity contribution in [3.63, 3.8) is 0 Å². The summed E-state index contributed by atoms with van der Waals surface area (Å²) in [5.74, 6) is 0.373. The molecule has 6 aromatic carbocycles. The molecular formula is C38H36N2O6S4. The quantitative estimate of drug-likeness (QED) is 0.0761. The lowest BCUT2D eigenvalue weighted by atomic mass is 10.0. The maximum absolute atomic E-state index is 13.5. The summed E-state index contributed by atoms with van der Waals surface area (Å²) >= 11 is 0. The first kappa shape index (κ1) is 35.5. The third-order valence-corrected chi connectivity index (χ3v) is 13.5. The summed E-state index contributed by atoms with van der Waals surface area (Å²) in [6.45, 7) is 8.13. The maximum atomic E-state index is 13.5. The summed E-state index contributed by atoms with van der Waals surface area (Å²) in [6.07, 6.45) is 0. The largest absolute Gasteiger partial charge is 0.506 e. The Hall–Kier alpha value is -4.36. The Morgan fingerprint density at radius 3 is 1.14 bits per heavy atom. The van der Waals surface area contributed by atoms with Gasteiger partial charge in [0.1, 0.15) is 11.5 Å². The Balaban J connectivity index is 1.34. The van der Waals surface area contributed by atoms with Crippen LogP contribution in [0.1, 0.15) is 50.7 Å². The molecule has 0 atom stereocenters. The highest BCUT2D eigenvalue weighted by Gasteiger charge is 2.22. The number of fused-ring (bicyclic) bond motifs is 2. The minimum Gasteiger partial charge on any atom is -0.506 e. The third kappa shape index (κ3) is 7.25. The zero-order chi connectivity index (χ0) is 35.8. The van der Waals surface area contributed by atoms with E-state index in [4.69, 9.17) is 0 Å². The van der Waals surface area contributed by atoms with E-state index in [1.165, 1.54) is 0 Å². The number of rotatable bonds is 11. The second kappa shape index (κ2) is 14.1. The Bertz CT molecular complexity index is 2260. The molecule has 0 aliphatic heterocycles. The van der Waals surface area contributed by atoms with Crippen molar-refractivity contribution in [3.05, 3.63) is 120 Å². The molecule has 6 aromatic rings. The summed E-state index contributed by atoms with van der Waals surface area (Å²) in [6, 6.07) is 30.4. The van der Waals surface area contributed by atoms with Crippen molar-refractivity contribution in [1.82, 2.24) is 0 Å². The van der Waals surface area contributed by atoms with E-state index in [2.05, 4.69) is 9.44 Å². The van der Waals surface area contributed by atoms with Gasteiger partial charge in [0.25, 0.3) is 20.0 Å². The number of benzene rings is 6. The second-order valence-corrected chi connectivity index (χ2v) is 18.0. The molecule has 8 nitrogen and oxygen atoms in total. The monoisotopic (exact) mass is 744 g/mol. The van der Waals surface area contributed by atoms with Crippen molar-refractivity contribution >= 4 is 74.6 Å². The molecule has 0 heterocycles. The van der Waals surface area contributed by atoms with Gasteiger partial charge in [0.05, 0.1) is 31.0 Å². The molecule has 0 aliphatic rings. The molecule has 12 heteroatoms. The molecule has 0 saturated carbocycles. The van der Waals surface area contributed by atoms with Crippen molar-refractivity contribution in [2.45, 2.75) is 59.1 Å². The molecule has 0 amide bonds. The lowest BCUT2D eigenvalue weighted by molar-refractivity contribution is 0.468. The van der Waals surface area contributed by atoms with Gasteiger partial charge in [-0.25, -0.2) is 16.8 Å². The predicted molar refractivity (Wildman–Crippen MR) is 206 cm³/mol. The van der Waals surface area contributed by atoms with Crippen molar-refractivity contribution in [2.75, 3.05) is 9.44 Å². The molecule has 0 spiro atoms. The number of aromatic hydroxyl groups is 2. The van der Waals surface area contributed by atoms with Crippen LogP contribution in [0.3, 0.4) is 0 Å². The molecule has 0 aliphatic carbocycles. The smallest absolute Gasteiger partial charge is 0.261 e. The van der Waals surface area contributed by atoms with Gasteiger partial charge in [-0.15, -0.1) is 0 Å². The first-order valence-corrected chi connectivity index (χ1v) is 21.0. The van der Waals surface area contributed by atoms with E-state index in [-0.39, 0.29) is 44.5 Å². The molecule has 0 aromatic heterocycles. The van der Waals surface area contributed by atoms with E-state index in [1.54, 1.807) is 109 Å². The van der Waals surface area contributed by atoms with Crippen LogP contribution in [0.15, 0.2) is 129 Å². The number of phenolic OH excluding ortho intramolecular Hbond substituents is 2. The molecule has 0 bridgehead atoms. The summed E-state index contributed by atoms with van der Waals surface area (Å²) in [5.41, 5.74) is 2.58. The third-order valence-electron chi connectivity index (χ3n) is 8.39. The van der Waals surface area contributed by atoms with E-state index in [0.29, 0.717) is 31.3 Å². The molecular weight excluding hydrogens is 709 g/mol. The molecule has 0 radical (unpaired) electrons. The normalized spacial score (nSPS) is 12.2. The van der Waals surface area contributed by atoms with Crippen LogP contribution in [0.5, 0.6) is 11.5 Å². The Morgan fingerprint density at radius 1 is 0.500 bits per heavy atom. The van der Waals surface area contributed by atoms with Crippen LogP contribution in [-0.4, -0.2) is 27.0 Å². The van der Waals surface area contributed by atoms with Crippen molar-refractivity contribution in [1.29, 1.82) is 0 Å². The number of anilines is 2. The lowest BCUT2D eigenvalue weighted by Gasteiger charge is -2.17. The SMILES string of the molecule is CC(C)c1ccc(S(=O)(=O)Nc2cc(SSc3cc(NS(=O)(=O)c4ccc(C(C)C)cc4)c4ccccc4c3O)c(O)c3ccccc23)cc1. The minimum atomic E-state index is -3.98. The summed E-state index contributed by atoms with van der Waals surface area (Å²) in [7, 11) is -5.76. The van der Waals surface area contributed by atoms with Crippen molar-refractivity contribution in [3.8, 4) is 11.5 Å². The Kier molecular flexibility index (Phi) is 10.0. The predicted octanol–water partition coefficient (Wildman–Crippen LogP) is 10.1. The van der Waals surface area contributed by atoms with E-state index >= 15 is 0 Å². The number of phenols is 2. The molecule has 50 heavy (non-hydrogen) atoms. The lowest BCUT2D eigenvalue weighted by Crippen LogP contribution is -2.13. The molecule has 258 valence electrons. The summed E-state index contributed by atoms with van der Waals surface area (Å²) < 4.78 is 59.4. The summed E-state index contributed by atoms with van der Waals surface area (Å²) in [4.78, 5) is 0.882. The van der Waals surface area contributed by atoms with Gasteiger partial charge in [0.2, 0.25) is 0 Å².